The number of quaternary nitrogens is 1. The second-order valence-corrected chi connectivity index (χ2v) is 7.30. The van der Waals surface area contributed by atoms with Crippen LogP contribution < -0.4 is 15.5 Å². The van der Waals surface area contributed by atoms with E-state index in [2.05, 4.69) is 10.6 Å². The van der Waals surface area contributed by atoms with E-state index in [-0.39, 0.29) is 24.2 Å². The van der Waals surface area contributed by atoms with Gasteiger partial charge in [0.05, 0.1) is 17.8 Å². The van der Waals surface area contributed by atoms with Gasteiger partial charge in [0.1, 0.15) is 5.82 Å². The first kappa shape index (κ1) is 21.5. The molecular formula is C23H22ClFN3O2+. The maximum Gasteiger partial charge on any atom is 0.287 e. The molecule has 154 valence electrons. The number of nitrogens with one attached hydrogen (secondary N) is 3. The fraction of sp³-hybridized carbons (Fsp3) is 0.130. The summed E-state index contributed by atoms with van der Waals surface area (Å²) in [4.78, 5) is 26.3. The molecule has 0 aliphatic heterocycles. The third-order valence-corrected chi connectivity index (χ3v) is 4.92. The molecule has 0 heterocycles. The largest absolute Gasteiger partial charge is 0.321 e. The van der Waals surface area contributed by atoms with Crippen molar-refractivity contribution in [3.05, 3.63) is 95.3 Å². The molecule has 0 aromatic heterocycles. The topological polar surface area (TPSA) is 62.6 Å². The molecule has 1 unspecified atom stereocenters. The zero-order valence-corrected chi connectivity index (χ0v) is 17.1. The molecule has 0 aliphatic rings. The number of halogens is 2. The summed E-state index contributed by atoms with van der Waals surface area (Å²) in [6, 6.07) is 21.1. The van der Waals surface area contributed by atoms with Crippen LogP contribution in [-0.2, 0) is 9.59 Å². The van der Waals surface area contributed by atoms with E-state index in [1.54, 1.807) is 31.3 Å². The summed E-state index contributed by atoms with van der Waals surface area (Å²) >= 11 is 6.10. The van der Waals surface area contributed by atoms with Crippen molar-refractivity contribution in [3.63, 3.8) is 0 Å². The minimum Gasteiger partial charge on any atom is -0.321 e. The van der Waals surface area contributed by atoms with E-state index in [9.17, 15) is 14.0 Å². The maximum atomic E-state index is 13.2. The Morgan fingerprint density at radius 2 is 1.57 bits per heavy atom. The average Bonchev–Trinajstić information content (AvgIpc) is 2.72. The van der Waals surface area contributed by atoms with E-state index in [1.807, 2.05) is 30.3 Å². The van der Waals surface area contributed by atoms with Crippen LogP contribution in [-0.4, -0.2) is 25.4 Å². The minimum atomic E-state index is -0.645. The number of carbonyl (C=O) groups is 2. The van der Waals surface area contributed by atoms with Gasteiger partial charge < -0.3 is 15.5 Å². The molecule has 0 spiro atoms. The molecule has 3 aromatic rings. The molecule has 0 saturated carbocycles. The van der Waals surface area contributed by atoms with Crippen molar-refractivity contribution in [1.82, 2.24) is 0 Å². The number of rotatable bonds is 7. The normalized spacial score (nSPS) is 12.6. The number of benzene rings is 3. The Balaban J connectivity index is 1.76. The van der Waals surface area contributed by atoms with Gasteiger partial charge >= 0.3 is 0 Å². The van der Waals surface area contributed by atoms with Gasteiger partial charge in [-0.15, -0.1) is 0 Å². The van der Waals surface area contributed by atoms with E-state index in [4.69, 9.17) is 11.6 Å². The van der Waals surface area contributed by atoms with Gasteiger partial charge in [-0.1, -0.05) is 54.1 Å². The number of anilines is 2. The van der Waals surface area contributed by atoms with Crippen LogP contribution in [0.3, 0.4) is 0 Å². The Kier molecular flexibility index (Phi) is 7.17. The Hall–Kier alpha value is -3.22. The van der Waals surface area contributed by atoms with Gasteiger partial charge in [-0.05, 0) is 36.4 Å². The molecular weight excluding hydrogens is 405 g/mol. The highest BCUT2D eigenvalue weighted by Gasteiger charge is 2.30. The van der Waals surface area contributed by atoms with Crippen molar-refractivity contribution in [1.29, 1.82) is 0 Å². The van der Waals surface area contributed by atoms with Crippen LogP contribution in [0, 0.1) is 5.82 Å². The predicted octanol–water partition coefficient (Wildman–Crippen LogP) is 3.31. The quantitative estimate of drug-likeness (QED) is 0.542. The zero-order chi connectivity index (χ0) is 21.5. The summed E-state index contributed by atoms with van der Waals surface area (Å²) in [6.07, 6.45) is 0. The van der Waals surface area contributed by atoms with Crippen molar-refractivity contribution in [3.8, 4) is 0 Å². The lowest BCUT2D eigenvalue weighted by Crippen LogP contribution is -3.11. The molecule has 7 heteroatoms. The molecule has 0 fully saturated rings. The molecule has 5 nitrogen and oxygen atoms in total. The molecule has 0 radical (unpaired) electrons. The fourth-order valence-corrected chi connectivity index (χ4v) is 3.35. The van der Waals surface area contributed by atoms with Crippen molar-refractivity contribution < 1.29 is 18.9 Å². The van der Waals surface area contributed by atoms with E-state index >= 15 is 0 Å². The summed E-state index contributed by atoms with van der Waals surface area (Å²) in [5, 5.41) is 6.02. The van der Waals surface area contributed by atoms with Crippen LogP contribution in [0.5, 0.6) is 0 Å². The number of carbonyl (C=O) groups excluding carboxylic acids is 2. The van der Waals surface area contributed by atoms with Gasteiger partial charge in [0, 0.05) is 11.3 Å². The molecule has 0 saturated heterocycles. The van der Waals surface area contributed by atoms with E-state index in [1.165, 1.54) is 24.3 Å². The fourth-order valence-electron chi connectivity index (χ4n) is 3.17. The van der Waals surface area contributed by atoms with E-state index in [0.717, 1.165) is 5.56 Å². The first-order valence-electron chi connectivity index (χ1n) is 9.42. The summed E-state index contributed by atoms with van der Waals surface area (Å²) < 4.78 is 13.2. The van der Waals surface area contributed by atoms with Crippen LogP contribution in [0.25, 0.3) is 0 Å². The summed E-state index contributed by atoms with van der Waals surface area (Å²) in [5.41, 5.74) is 1.76. The van der Waals surface area contributed by atoms with Crippen LogP contribution in [0.4, 0.5) is 15.8 Å². The minimum absolute atomic E-state index is 0.0433. The van der Waals surface area contributed by atoms with Gasteiger partial charge in [0.15, 0.2) is 12.6 Å². The molecule has 0 bridgehead atoms. The number of hydrogen-bond donors (Lipinski definition) is 3. The predicted molar refractivity (Wildman–Crippen MR) is 116 cm³/mol. The SMILES string of the molecule is C[NH+](CC(=O)Nc1ccccc1Cl)[C@@H](C(=O)Nc1ccc(F)cc1)c1ccccc1. The van der Waals surface area contributed by atoms with Crippen LogP contribution >= 0.6 is 11.6 Å². The lowest BCUT2D eigenvalue weighted by molar-refractivity contribution is -0.893. The summed E-state index contributed by atoms with van der Waals surface area (Å²) in [5.74, 6) is -0.946. The van der Waals surface area contributed by atoms with E-state index < -0.39 is 6.04 Å². The third-order valence-electron chi connectivity index (χ3n) is 4.59. The second-order valence-electron chi connectivity index (χ2n) is 6.89. The standard InChI is InChI=1S/C23H21ClFN3O2/c1-28(15-21(29)27-20-10-6-5-9-19(20)24)22(16-7-3-2-4-8-16)23(30)26-18-13-11-17(25)12-14-18/h2-14,22H,15H2,1H3,(H,26,30)(H,27,29)/p+1/t22-/m1/s1. The lowest BCUT2D eigenvalue weighted by Gasteiger charge is -2.24. The highest BCUT2D eigenvalue weighted by atomic mass is 35.5. The maximum absolute atomic E-state index is 13.2. The van der Waals surface area contributed by atoms with Crippen LogP contribution in [0.15, 0.2) is 78.9 Å². The Labute approximate surface area is 179 Å². The van der Waals surface area contributed by atoms with Gasteiger partial charge in [-0.25, -0.2) is 4.39 Å². The van der Waals surface area contributed by atoms with Gasteiger partial charge in [0.2, 0.25) is 0 Å². The van der Waals surface area contributed by atoms with E-state index in [0.29, 0.717) is 21.3 Å². The van der Waals surface area contributed by atoms with Gasteiger partial charge in [-0.3, -0.25) is 9.59 Å². The number of para-hydroxylation sites is 1. The Bertz CT molecular complexity index is 1010. The number of hydrogen-bond acceptors (Lipinski definition) is 2. The monoisotopic (exact) mass is 426 g/mol. The molecule has 2 atom stereocenters. The highest BCUT2D eigenvalue weighted by Crippen LogP contribution is 2.20. The smallest absolute Gasteiger partial charge is 0.287 e. The van der Waals surface area contributed by atoms with Crippen molar-refractivity contribution >= 4 is 34.8 Å². The van der Waals surface area contributed by atoms with Crippen molar-refractivity contribution in [2.75, 3.05) is 24.2 Å². The second kappa shape index (κ2) is 10.0. The van der Waals surface area contributed by atoms with Gasteiger partial charge in [-0.2, -0.15) is 0 Å². The molecule has 3 aromatic carbocycles. The first-order valence-corrected chi connectivity index (χ1v) is 9.80. The zero-order valence-electron chi connectivity index (χ0n) is 16.4. The summed E-state index contributed by atoms with van der Waals surface area (Å²) in [6.45, 7) is 0.0433. The number of amides is 2. The summed E-state index contributed by atoms with van der Waals surface area (Å²) in [7, 11) is 1.77. The molecule has 3 rings (SSSR count). The molecule has 2 amide bonds. The highest BCUT2D eigenvalue weighted by molar-refractivity contribution is 6.33. The first-order chi connectivity index (χ1) is 14.4. The number of likely N-dealkylation sites (N-methyl/N-ethyl adjacent to an activating group) is 1. The average molecular weight is 427 g/mol. The third kappa shape index (κ3) is 5.65. The van der Waals surface area contributed by atoms with Crippen LogP contribution in [0.2, 0.25) is 5.02 Å². The van der Waals surface area contributed by atoms with Crippen molar-refractivity contribution in [2.24, 2.45) is 0 Å². The van der Waals surface area contributed by atoms with Crippen LogP contribution in [0.1, 0.15) is 11.6 Å². The molecule has 0 aliphatic carbocycles. The lowest BCUT2D eigenvalue weighted by atomic mass is 10.0. The van der Waals surface area contributed by atoms with Crippen molar-refractivity contribution in [2.45, 2.75) is 6.04 Å². The van der Waals surface area contributed by atoms with Gasteiger partial charge in [0.25, 0.3) is 11.8 Å². The molecule has 3 N–H and O–H groups in total. The molecule has 30 heavy (non-hydrogen) atoms. The Morgan fingerprint density at radius 1 is 0.933 bits per heavy atom. The Morgan fingerprint density at radius 3 is 2.23 bits per heavy atom.